The highest BCUT2D eigenvalue weighted by Gasteiger charge is 2.64. The van der Waals surface area contributed by atoms with Crippen molar-refractivity contribution in [2.75, 3.05) is 0 Å². The smallest absolute Gasteiger partial charge is 0.0238 e. The number of rotatable bonds is 1. The van der Waals surface area contributed by atoms with Crippen LogP contribution in [0.5, 0.6) is 0 Å². The maximum atomic E-state index is 2.76. The van der Waals surface area contributed by atoms with E-state index < -0.39 is 0 Å². The lowest BCUT2D eigenvalue weighted by atomic mass is 9.46. The maximum Gasteiger partial charge on any atom is -0.0238 e. The van der Waals surface area contributed by atoms with Gasteiger partial charge in [0.1, 0.15) is 0 Å². The molecular formula is C26H42. The molecule has 0 aromatic carbocycles. The van der Waals surface area contributed by atoms with Gasteiger partial charge >= 0.3 is 0 Å². The minimum absolute atomic E-state index is 0.704. The zero-order valence-electron chi connectivity index (χ0n) is 17.5. The molecule has 26 heavy (non-hydrogen) atoms. The second-order valence-electron chi connectivity index (χ2n) is 12.4. The molecule has 0 heteroatoms. The van der Waals surface area contributed by atoms with Crippen LogP contribution in [0.3, 0.4) is 0 Å². The fourth-order valence-corrected chi connectivity index (χ4v) is 10.2. The van der Waals surface area contributed by atoms with E-state index in [1.54, 1.807) is 89.9 Å². The Morgan fingerprint density at radius 2 is 1.12 bits per heavy atom. The SMILES string of the molecule is CC1(C2(C)CCC3CCC4C5CCC6CCCCC6C5CCC4C32)CC1. The summed E-state index contributed by atoms with van der Waals surface area (Å²) in [6.07, 6.45) is 22.2. The molecule has 6 aliphatic rings. The summed E-state index contributed by atoms with van der Waals surface area (Å²) in [7, 11) is 0. The molecule has 9 atom stereocenters. The van der Waals surface area contributed by atoms with Gasteiger partial charge in [-0.3, -0.25) is 0 Å². The quantitative estimate of drug-likeness (QED) is 0.458. The first-order valence-electron chi connectivity index (χ1n) is 12.6. The predicted molar refractivity (Wildman–Crippen MR) is 109 cm³/mol. The zero-order chi connectivity index (χ0) is 17.5. The van der Waals surface area contributed by atoms with Gasteiger partial charge in [0.2, 0.25) is 0 Å². The Kier molecular flexibility index (Phi) is 3.75. The Morgan fingerprint density at radius 1 is 0.500 bits per heavy atom. The van der Waals surface area contributed by atoms with E-state index in [1.807, 2.05) is 0 Å². The maximum absolute atomic E-state index is 2.76. The molecule has 0 spiro atoms. The lowest BCUT2D eigenvalue weighted by Gasteiger charge is -2.58. The Labute approximate surface area is 162 Å². The Morgan fingerprint density at radius 3 is 1.92 bits per heavy atom. The van der Waals surface area contributed by atoms with Crippen LogP contribution in [0.15, 0.2) is 0 Å². The number of fused-ring (bicyclic) bond motifs is 7. The molecule has 0 N–H and O–H groups in total. The summed E-state index contributed by atoms with van der Waals surface area (Å²) in [5, 5.41) is 0. The molecule has 0 aromatic rings. The third kappa shape index (κ3) is 2.20. The van der Waals surface area contributed by atoms with Crippen molar-refractivity contribution in [1.82, 2.24) is 0 Å². The molecule has 9 unspecified atom stereocenters. The van der Waals surface area contributed by atoms with Gasteiger partial charge in [0, 0.05) is 0 Å². The number of hydrogen-bond donors (Lipinski definition) is 0. The van der Waals surface area contributed by atoms with Crippen LogP contribution >= 0.6 is 0 Å². The van der Waals surface area contributed by atoms with Gasteiger partial charge in [-0.05, 0) is 129 Å². The predicted octanol–water partition coefficient (Wildman–Crippen LogP) is 7.47. The van der Waals surface area contributed by atoms with Crippen LogP contribution in [0.4, 0.5) is 0 Å². The second-order valence-corrected chi connectivity index (χ2v) is 12.4. The number of hydrogen-bond acceptors (Lipinski definition) is 0. The van der Waals surface area contributed by atoms with E-state index in [2.05, 4.69) is 13.8 Å². The summed E-state index contributed by atoms with van der Waals surface area (Å²) in [4.78, 5) is 0. The highest BCUT2D eigenvalue weighted by atomic mass is 14.7. The van der Waals surface area contributed by atoms with Gasteiger partial charge in [-0.15, -0.1) is 0 Å². The van der Waals surface area contributed by atoms with E-state index in [0.717, 1.165) is 52.8 Å². The van der Waals surface area contributed by atoms with Crippen molar-refractivity contribution in [3.8, 4) is 0 Å². The highest BCUT2D eigenvalue weighted by molar-refractivity contribution is 5.13. The van der Waals surface area contributed by atoms with Crippen molar-refractivity contribution in [1.29, 1.82) is 0 Å². The lowest BCUT2D eigenvalue weighted by Crippen LogP contribution is -2.51. The van der Waals surface area contributed by atoms with Gasteiger partial charge in [-0.2, -0.15) is 0 Å². The molecule has 0 amide bonds. The summed E-state index contributed by atoms with van der Waals surface area (Å²) in [5.41, 5.74) is 1.43. The van der Waals surface area contributed by atoms with Crippen LogP contribution in [-0.4, -0.2) is 0 Å². The van der Waals surface area contributed by atoms with Crippen molar-refractivity contribution >= 4 is 0 Å². The standard InChI is InChI=1S/C26H42/c1-25(15-16-25)26(2)14-13-18-8-10-22-21-9-7-17-5-3-4-6-19(17)20(21)11-12-23(22)24(18)26/h17-24H,3-16H2,1-2H3. The van der Waals surface area contributed by atoms with E-state index in [-0.39, 0.29) is 0 Å². The van der Waals surface area contributed by atoms with Crippen LogP contribution < -0.4 is 0 Å². The van der Waals surface area contributed by atoms with Crippen LogP contribution in [-0.2, 0) is 0 Å². The lowest BCUT2D eigenvalue weighted by molar-refractivity contribution is -0.0956. The van der Waals surface area contributed by atoms with Gasteiger partial charge in [0.25, 0.3) is 0 Å². The Balaban J connectivity index is 1.29. The first kappa shape index (κ1) is 16.9. The second kappa shape index (κ2) is 5.76. The summed E-state index contributed by atoms with van der Waals surface area (Å²) in [6, 6.07) is 0. The van der Waals surface area contributed by atoms with E-state index >= 15 is 0 Å². The summed E-state index contributed by atoms with van der Waals surface area (Å²) in [6.45, 7) is 5.43. The van der Waals surface area contributed by atoms with Crippen LogP contribution in [0.25, 0.3) is 0 Å². The van der Waals surface area contributed by atoms with Crippen LogP contribution in [0, 0.1) is 58.2 Å². The Hall–Kier alpha value is 0. The van der Waals surface area contributed by atoms with Crippen molar-refractivity contribution in [2.45, 2.75) is 104 Å². The van der Waals surface area contributed by atoms with E-state index in [0.29, 0.717) is 5.41 Å². The molecule has 0 radical (unpaired) electrons. The third-order valence-electron chi connectivity index (χ3n) is 11.9. The molecule has 0 bridgehead atoms. The minimum atomic E-state index is 0.704. The molecule has 146 valence electrons. The summed E-state index contributed by atoms with van der Waals surface area (Å²) < 4.78 is 0. The van der Waals surface area contributed by atoms with Gasteiger partial charge in [0.15, 0.2) is 0 Å². The topological polar surface area (TPSA) is 0 Å². The van der Waals surface area contributed by atoms with Crippen molar-refractivity contribution in [3.05, 3.63) is 0 Å². The molecule has 0 saturated heterocycles. The highest BCUT2D eigenvalue weighted by Crippen LogP contribution is 2.73. The van der Waals surface area contributed by atoms with Gasteiger partial charge in [-0.1, -0.05) is 33.1 Å². The molecular weight excluding hydrogens is 312 g/mol. The van der Waals surface area contributed by atoms with Gasteiger partial charge in [-0.25, -0.2) is 0 Å². The van der Waals surface area contributed by atoms with Crippen LogP contribution in [0.1, 0.15) is 104 Å². The molecule has 0 aromatic heterocycles. The van der Waals surface area contributed by atoms with E-state index in [9.17, 15) is 0 Å². The van der Waals surface area contributed by atoms with Gasteiger partial charge in [0.05, 0.1) is 0 Å². The first-order valence-corrected chi connectivity index (χ1v) is 12.6. The molecule has 6 aliphatic carbocycles. The normalized spacial score (nSPS) is 57.5. The molecule has 0 aliphatic heterocycles. The molecule has 6 fully saturated rings. The first-order chi connectivity index (χ1) is 12.6. The largest absolute Gasteiger partial charge is 0.0591 e. The molecule has 6 rings (SSSR count). The fraction of sp³-hybridized carbons (Fsp3) is 1.00. The summed E-state index contributed by atoms with van der Waals surface area (Å²) >= 11 is 0. The van der Waals surface area contributed by atoms with Crippen molar-refractivity contribution in [3.63, 3.8) is 0 Å². The average Bonchev–Trinajstić information content (AvgIpc) is 3.34. The minimum Gasteiger partial charge on any atom is -0.0591 e. The molecule has 6 saturated carbocycles. The molecule has 0 heterocycles. The van der Waals surface area contributed by atoms with Crippen molar-refractivity contribution in [2.24, 2.45) is 58.2 Å². The fourth-order valence-electron chi connectivity index (χ4n) is 10.2. The zero-order valence-corrected chi connectivity index (χ0v) is 17.5. The average molecular weight is 355 g/mol. The third-order valence-corrected chi connectivity index (χ3v) is 11.9. The van der Waals surface area contributed by atoms with Crippen molar-refractivity contribution < 1.29 is 0 Å². The summed E-state index contributed by atoms with van der Waals surface area (Å²) in [5.74, 6) is 9.07. The molecule has 0 nitrogen and oxygen atoms in total. The Bertz CT molecular complexity index is 558. The monoisotopic (exact) mass is 354 g/mol. The van der Waals surface area contributed by atoms with E-state index in [1.165, 1.54) is 0 Å². The van der Waals surface area contributed by atoms with E-state index in [4.69, 9.17) is 0 Å². The van der Waals surface area contributed by atoms with Gasteiger partial charge < -0.3 is 0 Å². The van der Waals surface area contributed by atoms with Crippen LogP contribution in [0.2, 0.25) is 0 Å².